The summed E-state index contributed by atoms with van der Waals surface area (Å²) in [6.07, 6.45) is 2.64. The summed E-state index contributed by atoms with van der Waals surface area (Å²) in [5.74, 6) is 4.05. The van der Waals surface area contributed by atoms with Crippen LogP contribution in [0.2, 0.25) is 0 Å². The molecule has 2 rings (SSSR count). The van der Waals surface area contributed by atoms with Crippen LogP contribution in [-0.2, 0) is 42.2 Å². The molecule has 0 saturated heterocycles. The van der Waals surface area contributed by atoms with Crippen molar-refractivity contribution in [2.24, 2.45) is 0 Å². The molecule has 2 aromatic rings. The lowest BCUT2D eigenvalue weighted by Gasteiger charge is -2.22. The van der Waals surface area contributed by atoms with E-state index in [1.807, 2.05) is 0 Å². The van der Waals surface area contributed by atoms with Crippen LogP contribution in [0.15, 0.2) is 0 Å². The zero-order valence-corrected chi connectivity index (χ0v) is 31.7. The predicted octanol–water partition coefficient (Wildman–Crippen LogP) is 9.28. The SMILES string of the molecule is CC(=O)SCc1c(C)c(CSC(C)=O)c(C)c(OCCCCCOc2c(C)c(CSC(C)=O)c(C)c(CSC(C)=O)c2C)c1C. The molecule has 0 fully saturated rings. The largest absolute Gasteiger partial charge is 0.493 e. The third-order valence-electron chi connectivity index (χ3n) is 7.94. The molecule has 0 aliphatic carbocycles. The Balaban J connectivity index is 2.11. The first-order valence-electron chi connectivity index (χ1n) is 15.2. The molecule has 0 radical (unpaired) electrons. The second kappa shape index (κ2) is 19.1. The second-order valence-electron chi connectivity index (χ2n) is 11.2. The Hall–Kier alpha value is -1.88. The molecular weight excluding hydrogens is 645 g/mol. The normalized spacial score (nSPS) is 11.1. The van der Waals surface area contributed by atoms with E-state index in [0.717, 1.165) is 86.4 Å². The first-order valence-corrected chi connectivity index (χ1v) is 19.1. The van der Waals surface area contributed by atoms with Gasteiger partial charge in [0, 0.05) is 50.7 Å². The van der Waals surface area contributed by atoms with Gasteiger partial charge in [-0.1, -0.05) is 47.0 Å². The van der Waals surface area contributed by atoms with Crippen molar-refractivity contribution in [3.8, 4) is 11.5 Å². The average molecular weight is 693 g/mol. The fourth-order valence-electron chi connectivity index (χ4n) is 5.32. The highest BCUT2D eigenvalue weighted by atomic mass is 32.2. The highest BCUT2D eigenvalue weighted by molar-refractivity contribution is 8.13. The topological polar surface area (TPSA) is 86.7 Å². The summed E-state index contributed by atoms with van der Waals surface area (Å²) in [5.41, 5.74) is 10.9. The molecular formula is C35H48O6S4. The molecule has 45 heavy (non-hydrogen) atoms. The van der Waals surface area contributed by atoms with Gasteiger partial charge >= 0.3 is 0 Å². The Morgan fingerprint density at radius 3 is 0.889 bits per heavy atom. The van der Waals surface area contributed by atoms with Gasteiger partial charge in [0.1, 0.15) is 11.5 Å². The van der Waals surface area contributed by atoms with Gasteiger partial charge in [-0.25, -0.2) is 0 Å². The van der Waals surface area contributed by atoms with Gasteiger partial charge < -0.3 is 9.47 Å². The zero-order valence-electron chi connectivity index (χ0n) is 28.4. The van der Waals surface area contributed by atoms with Gasteiger partial charge in [-0.05, 0) is 116 Å². The summed E-state index contributed by atoms with van der Waals surface area (Å²) >= 11 is 5.17. The van der Waals surface area contributed by atoms with E-state index in [1.165, 1.54) is 47.0 Å². The van der Waals surface area contributed by atoms with Crippen molar-refractivity contribution in [2.75, 3.05) is 13.2 Å². The minimum Gasteiger partial charge on any atom is -0.493 e. The standard InChI is InChI=1S/C35H48O6S4/c1-20-30(16-42-26(7)36)22(3)34(23(4)31(20)17-43-27(8)37)40-14-12-11-13-15-41-35-24(5)32(18-44-28(9)38)21(2)33(25(35)6)19-45-29(10)39/h11-19H2,1-10H3. The van der Waals surface area contributed by atoms with Gasteiger partial charge in [0.15, 0.2) is 20.5 Å². The molecule has 248 valence electrons. The molecule has 0 saturated carbocycles. The lowest BCUT2D eigenvalue weighted by Crippen LogP contribution is -2.09. The van der Waals surface area contributed by atoms with Crippen molar-refractivity contribution in [1.82, 2.24) is 0 Å². The number of carbonyl (C=O) groups is 4. The summed E-state index contributed by atoms with van der Waals surface area (Å²) in [7, 11) is 0. The Morgan fingerprint density at radius 1 is 0.422 bits per heavy atom. The maximum atomic E-state index is 11.7. The third kappa shape index (κ3) is 11.7. The van der Waals surface area contributed by atoms with Gasteiger partial charge in [0.2, 0.25) is 0 Å². The van der Waals surface area contributed by atoms with E-state index in [1.54, 1.807) is 27.7 Å². The van der Waals surface area contributed by atoms with Crippen LogP contribution in [0, 0.1) is 41.5 Å². The molecule has 0 atom stereocenters. The Kier molecular flexibility index (Phi) is 16.6. The van der Waals surface area contributed by atoms with Crippen LogP contribution in [0.4, 0.5) is 0 Å². The Labute approximate surface area is 286 Å². The molecule has 2 aromatic carbocycles. The summed E-state index contributed by atoms with van der Waals surface area (Å²) < 4.78 is 12.7. The molecule has 0 heterocycles. The molecule has 0 bridgehead atoms. The van der Waals surface area contributed by atoms with Crippen molar-refractivity contribution in [1.29, 1.82) is 0 Å². The molecule has 0 spiro atoms. The first-order chi connectivity index (χ1) is 21.2. The van der Waals surface area contributed by atoms with E-state index in [9.17, 15) is 19.2 Å². The molecule has 0 aromatic heterocycles. The van der Waals surface area contributed by atoms with Crippen molar-refractivity contribution in [2.45, 2.75) is 112 Å². The van der Waals surface area contributed by atoms with E-state index >= 15 is 0 Å². The lowest BCUT2D eigenvalue weighted by molar-refractivity contribution is -0.109. The van der Waals surface area contributed by atoms with Crippen LogP contribution in [0.1, 0.15) is 103 Å². The van der Waals surface area contributed by atoms with E-state index in [4.69, 9.17) is 9.47 Å². The van der Waals surface area contributed by atoms with Crippen molar-refractivity contribution in [3.63, 3.8) is 0 Å². The van der Waals surface area contributed by atoms with Crippen LogP contribution in [0.3, 0.4) is 0 Å². The molecule has 0 N–H and O–H groups in total. The second-order valence-corrected chi connectivity index (χ2v) is 15.8. The minimum atomic E-state index is 0.0760. The monoisotopic (exact) mass is 692 g/mol. The maximum Gasteiger partial charge on any atom is 0.186 e. The predicted molar refractivity (Wildman–Crippen MR) is 194 cm³/mol. The number of unbranched alkanes of at least 4 members (excludes halogenated alkanes) is 2. The fraction of sp³-hybridized carbons (Fsp3) is 0.543. The zero-order chi connectivity index (χ0) is 33.8. The number of rotatable bonds is 16. The number of hydrogen-bond acceptors (Lipinski definition) is 10. The van der Waals surface area contributed by atoms with E-state index in [-0.39, 0.29) is 20.5 Å². The number of hydrogen-bond donors (Lipinski definition) is 0. The van der Waals surface area contributed by atoms with Crippen molar-refractivity contribution < 1.29 is 28.7 Å². The molecule has 0 aliphatic heterocycles. The van der Waals surface area contributed by atoms with Crippen molar-refractivity contribution in [3.05, 3.63) is 55.6 Å². The lowest BCUT2D eigenvalue weighted by atomic mass is 9.93. The van der Waals surface area contributed by atoms with Gasteiger partial charge in [-0.3, -0.25) is 19.2 Å². The van der Waals surface area contributed by atoms with Gasteiger partial charge in [0.05, 0.1) is 13.2 Å². The highest BCUT2D eigenvalue weighted by Crippen LogP contribution is 2.38. The van der Waals surface area contributed by atoms with Crippen LogP contribution in [0.25, 0.3) is 0 Å². The quantitative estimate of drug-likeness (QED) is 0.159. The molecule has 6 nitrogen and oxygen atoms in total. The average Bonchev–Trinajstić information content (AvgIpc) is 2.94. The van der Waals surface area contributed by atoms with Gasteiger partial charge in [-0.15, -0.1) is 0 Å². The molecule has 0 aliphatic rings. The van der Waals surface area contributed by atoms with Crippen LogP contribution >= 0.6 is 47.0 Å². The van der Waals surface area contributed by atoms with Crippen LogP contribution in [-0.4, -0.2) is 33.7 Å². The first kappa shape index (κ1) is 39.3. The van der Waals surface area contributed by atoms with E-state index in [0.29, 0.717) is 36.2 Å². The van der Waals surface area contributed by atoms with Gasteiger partial charge in [0.25, 0.3) is 0 Å². The summed E-state index contributed by atoms with van der Waals surface area (Å²) in [5, 5.41) is 0.304. The number of thioether (sulfide) groups is 4. The van der Waals surface area contributed by atoms with Crippen LogP contribution < -0.4 is 9.47 Å². The fourth-order valence-corrected chi connectivity index (χ4v) is 8.45. The third-order valence-corrected chi connectivity index (χ3v) is 11.3. The molecule has 10 heteroatoms. The number of carbonyl (C=O) groups excluding carboxylic acids is 4. The summed E-state index contributed by atoms with van der Waals surface area (Å²) in [6, 6.07) is 0. The maximum absolute atomic E-state index is 11.7. The van der Waals surface area contributed by atoms with E-state index in [2.05, 4.69) is 41.5 Å². The molecule has 0 unspecified atom stereocenters. The van der Waals surface area contributed by atoms with Gasteiger partial charge in [-0.2, -0.15) is 0 Å². The number of ether oxygens (including phenoxy) is 2. The smallest absolute Gasteiger partial charge is 0.186 e. The number of benzene rings is 2. The van der Waals surface area contributed by atoms with Crippen LogP contribution in [0.5, 0.6) is 11.5 Å². The summed E-state index contributed by atoms with van der Waals surface area (Å²) in [6.45, 7) is 19.8. The molecule has 0 amide bonds. The highest BCUT2D eigenvalue weighted by Gasteiger charge is 2.21. The Morgan fingerprint density at radius 2 is 0.667 bits per heavy atom. The minimum absolute atomic E-state index is 0.0760. The van der Waals surface area contributed by atoms with Crippen molar-refractivity contribution >= 4 is 67.5 Å². The Bertz CT molecular complexity index is 1220. The van der Waals surface area contributed by atoms with E-state index < -0.39 is 0 Å². The summed E-state index contributed by atoms with van der Waals surface area (Å²) in [4.78, 5) is 46.9.